The van der Waals surface area contributed by atoms with Gasteiger partial charge in [0.2, 0.25) is 0 Å². The Kier molecular flexibility index (Phi) is 3.85. The van der Waals surface area contributed by atoms with Crippen LogP contribution in [0.1, 0.15) is 5.69 Å². The molecule has 0 aliphatic carbocycles. The number of aromatic nitrogens is 2. The first-order chi connectivity index (χ1) is 8.35. The molecule has 0 bridgehead atoms. The lowest BCUT2D eigenvalue weighted by Crippen LogP contribution is -2.45. The van der Waals surface area contributed by atoms with E-state index >= 15 is 0 Å². The molecule has 6 nitrogen and oxygen atoms in total. The van der Waals surface area contributed by atoms with Crippen LogP contribution >= 0.6 is 0 Å². The maximum absolute atomic E-state index is 8.98. The summed E-state index contributed by atoms with van der Waals surface area (Å²) in [4.78, 5) is 10.2. The van der Waals surface area contributed by atoms with Crippen molar-refractivity contribution in [2.24, 2.45) is 0 Å². The quantitative estimate of drug-likeness (QED) is 0.744. The van der Waals surface area contributed by atoms with E-state index in [2.05, 4.69) is 16.0 Å². The van der Waals surface area contributed by atoms with E-state index in [9.17, 15) is 0 Å². The van der Waals surface area contributed by atoms with Crippen LogP contribution < -0.4 is 4.90 Å². The summed E-state index contributed by atoms with van der Waals surface area (Å²) in [5.74, 6) is 0.624. The highest BCUT2D eigenvalue weighted by molar-refractivity contribution is 5.49. The average molecular weight is 234 g/mol. The Morgan fingerprint density at radius 1 is 1.59 bits per heavy atom. The second-order valence-corrected chi connectivity index (χ2v) is 3.73. The fraction of sp³-hybridized carbons (Fsp3) is 0.545. The lowest BCUT2D eigenvalue weighted by molar-refractivity contribution is -0.0102. The Morgan fingerprint density at radius 3 is 3.18 bits per heavy atom. The van der Waals surface area contributed by atoms with Crippen molar-refractivity contribution in [1.29, 1.82) is 5.26 Å². The predicted molar refractivity (Wildman–Crippen MR) is 60.6 cm³/mol. The number of methoxy groups -OCH3 is 1. The van der Waals surface area contributed by atoms with Gasteiger partial charge in [0.1, 0.15) is 6.07 Å². The van der Waals surface area contributed by atoms with Gasteiger partial charge in [-0.25, -0.2) is 9.97 Å². The molecule has 1 atom stereocenters. The van der Waals surface area contributed by atoms with Gasteiger partial charge < -0.3 is 14.4 Å². The third kappa shape index (κ3) is 2.70. The number of nitrogens with zero attached hydrogens (tertiary/aromatic N) is 4. The molecule has 0 spiro atoms. The summed E-state index contributed by atoms with van der Waals surface area (Å²) in [7, 11) is 1.64. The Bertz CT molecular complexity index is 416. The number of anilines is 1. The van der Waals surface area contributed by atoms with Crippen molar-refractivity contribution in [1.82, 2.24) is 9.97 Å². The molecular formula is C11H14N4O2. The number of hydrogen-bond donors (Lipinski definition) is 0. The number of nitriles is 1. The highest BCUT2D eigenvalue weighted by Gasteiger charge is 2.23. The molecule has 0 N–H and O–H groups in total. The van der Waals surface area contributed by atoms with Crippen LogP contribution in [0.3, 0.4) is 0 Å². The van der Waals surface area contributed by atoms with E-state index in [1.54, 1.807) is 13.3 Å². The first kappa shape index (κ1) is 11.8. The van der Waals surface area contributed by atoms with Gasteiger partial charge in [-0.3, -0.25) is 0 Å². The van der Waals surface area contributed by atoms with E-state index in [-0.39, 0.29) is 6.10 Å². The lowest BCUT2D eigenvalue weighted by Gasteiger charge is -2.33. The third-order valence-corrected chi connectivity index (χ3v) is 2.58. The van der Waals surface area contributed by atoms with Crippen molar-refractivity contribution in [3.63, 3.8) is 0 Å². The van der Waals surface area contributed by atoms with Gasteiger partial charge in [-0.15, -0.1) is 0 Å². The van der Waals surface area contributed by atoms with Gasteiger partial charge in [-0.1, -0.05) is 0 Å². The van der Waals surface area contributed by atoms with Crippen LogP contribution in [-0.2, 0) is 9.47 Å². The molecule has 0 amide bonds. The van der Waals surface area contributed by atoms with Gasteiger partial charge in [0.25, 0.3) is 0 Å². The van der Waals surface area contributed by atoms with Crippen molar-refractivity contribution in [2.45, 2.75) is 6.10 Å². The fourth-order valence-electron chi connectivity index (χ4n) is 1.84. The summed E-state index contributed by atoms with van der Waals surface area (Å²) < 4.78 is 10.6. The Balaban J connectivity index is 2.14. The summed E-state index contributed by atoms with van der Waals surface area (Å²) in [5, 5.41) is 8.98. The zero-order valence-electron chi connectivity index (χ0n) is 9.67. The highest BCUT2D eigenvalue weighted by Crippen LogP contribution is 2.17. The van der Waals surface area contributed by atoms with Crippen molar-refractivity contribution in [2.75, 3.05) is 38.3 Å². The molecule has 1 aliphatic heterocycles. The SMILES string of the molecule is COC[C@H]1CN(c2nccnc2C#N)CCO1. The van der Waals surface area contributed by atoms with Crippen LogP contribution in [0.5, 0.6) is 0 Å². The summed E-state index contributed by atoms with van der Waals surface area (Å²) >= 11 is 0. The fourth-order valence-corrected chi connectivity index (χ4v) is 1.84. The largest absolute Gasteiger partial charge is 0.382 e. The molecule has 0 unspecified atom stereocenters. The van der Waals surface area contributed by atoms with Gasteiger partial charge in [0.05, 0.1) is 19.3 Å². The zero-order valence-corrected chi connectivity index (χ0v) is 9.67. The van der Waals surface area contributed by atoms with E-state index < -0.39 is 0 Å². The molecular weight excluding hydrogens is 220 g/mol. The smallest absolute Gasteiger partial charge is 0.183 e. The number of hydrogen-bond acceptors (Lipinski definition) is 6. The van der Waals surface area contributed by atoms with E-state index in [4.69, 9.17) is 14.7 Å². The first-order valence-corrected chi connectivity index (χ1v) is 5.41. The standard InChI is InChI=1S/C11H14N4O2/c1-16-8-9-7-15(4-5-17-9)11-10(6-12)13-2-3-14-11/h2-3,9H,4-5,7-8H2,1H3/t9-/m1/s1. The minimum atomic E-state index is 0.0160. The topological polar surface area (TPSA) is 71.3 Å². The highest BCUT2D eigenvalue weighted by atomic mass is 16.5. The minimum absolute atomic E-state index is 0.0160. The zero-order chi connectivity index (χ0) is 12.1. The van der Waals surface area contributed by atoms with Crippen LogP contribution in [0.2, 0.25) is 0 Å². The maximum atomic E-state index is 8.98. The molecule has 6 heteroatoms. The Labute approximate surface area is 99.8 Å². The molecule has 0 radical (unpaired) electrons. The Hall–Kier alpha value is -1.71. The average Bonchev–Trinajstić information content (AvgIpc) is 2.39. The summed E-state index contributed by atoms with van der Waals surface area (Å²) in [5.41, 5.74) is 0.352. The van der Waals surface area contributed by atoms with Crippen LogP contribution in [0.25, 0.3) is 0 Å². The molecule has 1 aliphatic rings. The lowest BCUT2D eigenvalue weighted by atomic mass is 10.2. The second-order valence-electron chi connectivity index (χ2n) is 3.73. The third-order valence-electron chi connectivity index (χ3n) is 2.58. The molecule has 1 fully saturated rings. The van der Waals surface area contributed by atoms with Crippen molar-refractivity contribution < 1.29 is 9.47 Å². The molecule has 1 aromatic rings. The molecule has 2 heterocycles. The van der Waals surface area contributed by atoms with E-state index in [0.717, 1.165) is 0 Å². The van der Waals surface area contributed by atoms with E-state index in [1.807, 2.05) is 4.90 Å². The normalized spacial score (nSPS) is 20.0. The first-order valence-electron chi connectivity index (χ1n) is 5.41. The monoisotopic (exact) mass is 234 g/mol. The van der Waals surface area contributed by atoms with Crippen molar-refractivity contribution in [3.8, 4) is 6.07 Å². The summed E-state index contributed by atoms with van der Waals surface area (Å²) in [6, 6.07) is 2.05. The maximum Gasteiger partial charge on any atom is 0.183 e. The number of rotatable bonds is 3. The summed E-state index contributed by atoms with van der Waals surface area (Å²) in [6.07, 6.45) is 3.13. The van der Waals surface area contributed by atoms with Crippen LogP contribution in [0.4, 0.5) is 5.82 Å². The molecule has 17 heavy (non-hydrogen) atoms. The summed E-state index contributed by atoms with van der Waals surface area (Å²) in [6.45, 7) is 2.53. The van der Waals surface area contributed by atoms with Crippen molar-refractivity contribution in [3.05, 3.63) is 18.1 Å². The molecule has 90 valence electrons. The Morgan fingerprint density at radius 2 is 2.41 bits per heavy atom. The second kappa shape index (κ2) is 5.57. The van der Waals surface area contributed by atoms with Gasteiger partial charge >= 0.3 is 0 Å². The van der Waals surface area contributed by atoms with Crippen molar-refractivity contribution >= 4 is 5.82 Å². The predicted octanol–water partition coefficient (Wildman–Crippen LogP) is 0.200. The number of morpholine rings is 1. The van der Waals surface area contributed by atoms with Gasteiger partial charge in [0.15, 0.2) is 11.5 Å². The molecule has 1 saturated heterocycles. The van der Waals surface area contributed by atoms with E-state index in [1.165, 1.54) is 6.20 Å². The molecule has 0 saturated carbocycles. The van der Waals surface area contributed by atoms with Crippen LogP contribution in [0, 0.1) is 11.3 Å². The molecule has 2 rings (SSSR count). The van der Waals surface area contributed by atoms with Crippen LogP contribution in [0.15, 0.2) is 12.4 Å². The van der Waals surface area contributed by atoms with E-state index in [0.29, 0.717) is 37.8 Å². The van der Waals surface area contributed by atoms with Gasteiger partial charge in [0, 0.05) is 32.6 Å². The number of ether oxygens (including phenoxy) is 2. The molecule has 1 aromatic heterocycles. The van der Waals surface area contributed by atoms with Gasteiger partial charge in [-0.05, 0) is 0 Å². The molecule has 0 aromatic carbocycles. The van der Waals surface area contributed by atoms with Crippen LogP contribution in [-0.4, -0.2) is 49.5 Å². The minimum Gasteiger partial charge on any atom is -0.382 e. The van der Waals surface area contributed by atoms with Gasteiger partial charge in [-0.2, -0.15) is 5.26 Å².